The molecule has 1 amide bonds. The molecule has 0 aliphatic carbocycles. The third-order valence-electron chi connectivity index (χ3n) is 3.87. The standard InChI is InChI=1S/C19H23FN2O3/c1-11-9-12(5-7-15(11)20)25-13-6-8-16(21)14(10-13)17(19(2,3)4)22-18(23)24/h5-10,17,22H,21H2,1-4H3,(H,23,24). The number of amides is 1. The lowest BCUT2D eigenvalue weighted by atomic mass is 9.81. The van der Waals surface area contributed by atoms with Crippen LogP contribution in [-0.4, -0.2) is 11.2 Å². The molecular formula is C19H23FN2O3. The molecule has 134 valence electrons. The van der Waals surface area contributed by atoms with Crippen LogP contribution in [0.5, 0.6) is 11.5 Å². The van der Waals surface area contributed by atoms with Crippen molar-refractivity contribution in [2.24, 2.45) is 5.41 Å². The monoisotopic (exact) mass is 346 g/mol. The predicted molar refractivity (Wildman–Crippen MR) is 95.4 cm³/mol. The zero-order valence-electron chi connectivity index (χ0n) is 14.8. The summed E-state index contributed by atoms with van der Waals surface area (Å²) in [6.07, 6.45) is -1.13. The number of halogens is 1. The second-order valence-electron chi connectivity index (χ2n) is 7.05. The summed E-state index contributed by atoms with van der Waals surface area (Å²) in [5.74, 6) is 0.688. The van der Waals surface area contributed by atoms with Gasteiger partial charge in [-0.2, -0.15) is 0 Å². The van der Waals surface area contributed by atoms with Gasteiger partial charge in [0.1, 0.15) is 17.3 Å². The maximum atomic E-state index is 13.4. The van der Waals surface area contributed by atoms with Crippen molar-refractivity contribution in [3.05, 3.63) is 53.3 Å². The van der Waals surface area contributed by atoms with Crippen molar-refractivity contribution in [2.45, 2.75) is 33.7 Å². The fourth-order valence-electron chi connectivity index (χ4n) is 2.57. The number of ether oxygens (including phenoxy) is 1. The highest BCUT2D eigenvalue weighted by molar-refractivity contribution is 5.66. The van der Waals surface area contributed by atoms with Crippen LogP contribution in [0.25, 0.3) is 0 Å². The molecule has 25 heavy (non-hydrogen) atoms. The molecule has 0 saturated carbocycles. The number of carboxylic acid groups (broad SMARTS) is 1. The first-order valence-electron chi connectivity index (χ1n) is 7.91. The fraction of sp³-hybridized carbons (Fsp3) is 0.316. The number of aryl methyl sites for hydroxylation is 1. The third kappa shape index (κ3) is 4.62. The largest absolute Gasteiger partial charge is 0.465 e. The van der Waals surface area contributed by atoms with Gasteiger partial charge >= 0.3 is 6.09 Å². The van der Waals surface area contributed by atoms with Crippen LogP contribution >= 0.6 is 0 Å². The minimum atomic E-state index is -1.13. The van der Waals surface area contributed by atoms with Crippen LogP contribution in [0.1, 0.15) is 37.9 Å². The molecule has 0 radical (unpaired) electrons. The Labute approximate surface area is 146 Å². The zero-order valence-corrected chi connectivity index (χ0v) is 14.8. The average molecular weight is 346 g/mol. The summed E-state index contributed by atoms with van der Waals surface area (Å²) in [6.45, 7) is 7.42. The summed E-state index contributed by atoms with van der Waals surface area (Å²) in [5, 5.41) is 11.7. The lowest BCUT2D eigenvalue weighted by Gasteiger charge is -2.32. The first-order chi connectivity index (χ1) is 11.6. The molecule has 0 aliphatic heterocycles. The number of rotatable bonds is 4. The minimum Gasteiger partial charge on any atom is -0.465 e. The Balaban J connectivity index is 2.38. The molecule has 5 nitrogen and oxygen atoms in total. The van der Waals surface area contributed by atoms with E-state index in [1.54, 1.807) is 31.2 Å². The van der Waals surface area contributed by atoms with Crippen molar-refractivity contribution in [1.29, 1.82) is 0 Å². The molecule has 2 aromatic carbocycles. The van der Waals surface area contributed by atoms with Gasteiger partial charge in [-0.15, -0.1) is 0 Å². The first-order valence-corrected chi connectivity index (χ1v) is 7.91. The SMILES string of the molecule is Cc1cc(Oc2ccc(N)c(C(NC(=O)O)C(C)(C)C)c2)ccc1F. The summed E-state index contributed by atoms with van der Waals surface area (Å²) in [7, 11) is 0. The van der Waals surface area contributed by atoms with Crippen molar-refractivity contribution in [3.63, 3.8) is 0 Å². The topological polar surface area (TPSA) is 84.6 Å². The molecule has 2 rings (SSSR count). The molecular weight excluding hydrogens is 323 g/mol. The van der Waals surface area contributed by atoms with Gasteiger partial charge in [0.25, 0.3) is 0 Å². The van der Waals surface area contributed by atoms with E-state index in [9.17, 15) is 9.18 Å². The number of carbonyl (C=O) groups is 1. The smallest absolute Gasteiger partial charge is 0.405 e. The summed E-state index contributed by atoms with van der Waals surface area (Å²) in [6, 6.07) is 9.04. The molecule has 0 bridgehead atoms. The molecule has 0 fully saturated rings. The highest BCUT2D eigenvalue weighted by Crippen LogP contribution is 2.38. The van der Waals surface area contributed by atoms with Crippen molar-refractivity contribution in [1.82, 2.24) is 5.32 Å². The Morgan fingerprint density at radius 2 is 1.80 bits per heavy atom. The van der Waals surface area contributed by atoms with E-state index in [2.05, 4.69) is 5.32 Å². The van der Waals surface area contributed by atoms with E-state index in [0.29, 0.717) is 28.3 Å². The van der Waals surface area contributed by atoms with E-state index in [4.69, 9.17) is 15.6 Å². The highest BCUT2D eigenvalue weighted by Gasteiger charge is 2.29. The second kappa shape index (κ2) is 7.01. The van der Waals surface area contributed by atoms with Gasteiger partial charge in [0.05, 0.1) is 6.04 Å². The van der Waals surface area contributed by atoms with Crippen LogP contribution < -0.4 is 15.8 Å². The van der Waals surface area contributed by atoms with E-state index in [0.717, 1.165) is 0 Å². The molecule has 1 unspecified atom stereocenters. The lowest BCUT2D eigenvalue weighted by molar-refractivity contribution is 0.175. The number of anilines is 1. The Kier molecular flexibility index (Phi) is 5.21. The maximum Gasteiger partial charge on any atom is 0.405 e. The van der Waals surface area contributed by atoms with Crippen LogP contribution in [0, 0.1) is 18.2 Å². The number of benzene rings is 2. The second-order valence-corrected chi connectivity index (χ2v) is 7.05. The van der Waals surface area contributed by atoms with E-state index < -0.39 is 17.6 Å². The third-order valence-corrected chi connectivity index (χ3v) is 3.87. The van der Waals surface area contributed by atoms with Gasteiger partial charge in [-0.1, -0.05) is 20.8 Å². The van der Waals surface area contributed by atoms with E-state index in [1.807, 2.05) is 20.8 Å². The quantitative estimate of drug-likeness (QED) is 0.690. The van der Waals surface area contributed by atoms with Crippen molar-refractivity contribution in [3.8, 4) is 11.5 Å². The van der Waals surface area contributed by atoms with Gasteiger partial charge in [0.15, 0.2) is 0 Å². The Morgan fingerprint density at radius 1 is 1.20 bits per heavy atom. The average Bonchev–Trinajstić information content (AvgIpc) is 2.49. The fourth-order valence-corrected chi connectivity index (χ4v) is 2.57. The normalized spacial score (nSPS) is 12.5. The number of nitrogens with one attached hydrogen (secondary N) is 1. The van der Waals surface area contributed by atoms with E-state index in [-0.39, 0.29) is 5.82 Å². The summed E-state index contributed by atoms with van der Waals surface area (Å²) in [5.41, 5.74) is 7.25. The number of nitrogen functional groups attached to an aromatic ring is 1. The number of hydrogen-bond donors (Lipinski definition) is 3. The van der Waals surface area contributed by atoms with Crippen LogP contribution in [-0.2, 0) is 0 Å². The zero-order chi connectivity index (χ0) is 18.8. The lowest BCUT2D eigenvalue weighted by Crippen LogP contribution is -2.36. The summed E-state index contributed by atoms with van der Waals surface area (Å²) in [4.78, 5) is 11.2. The molecule has 0 aromatic heterocycles. The van der Waals surface area contributed by atoms with Gasteiger partial charge in [-0.3, -0.25) is 0 Å². The maximum absolute atomic E-state index is 13.4. The Morgan fingerprint density at radius 3 is 2.36 bits per heavy atom. The molecule has 1 atom stereocenters. The summed E-state index contributed by atoms with van der Waals surface area (Å²) >= 11 is 0. The molecule has 0 aliphatic rings. The van der Waals surface area contributed by atoms with Gasteiger partial charge < -0.3 is 20.9 Å². The van der Waals surface area contributed by atoms with E-state index >= 15 is 0 Å². The highest BCUT2D eigenvalue weighted by atomic mass is 19.1. The molecule has 2 aromatic rings. The van der Waals surface area contributed by atoms with Gasteiger partial charge in [-0.05, 0) is 54.3 Å². The predicted octanol–water partition coefficient (Wildman–Crippen LogP) is 4.86. The molecule has 0 saturated heterocycles. The Bertz CT molecular complexity index is 785. The molecule has 0 heterocycles. The Hall–Kier alpha value is -2.76. The number of hydrogen-bond acceptors (Lipinski definition) is 3. The van der Waals surface area contributed by atoms with Crippen molar-refractivity contribution in [2.75, 3.05) is 5.73 Å². The van der Waals surface area contributed by atoms with Gasteiger partial charge in [-0.25, -0.2) is 9.18 Å². The van der Waals surface area contributed by atoms with Crippen LogP contribution in [0.15, 0.2) is 36.4 Å². The minimum absolute atomic E-state index is 0.302. The molecule has 4 N–H and O–H groups in total. The van der Waals surface area contributed by atoms with Crippen LogP contribution in [0.2, 0.25) is 0 Å². The van der Waals surface area contributed by atoms with Crippen LogP contribution in [0.3, 0.4) is 0 Å². The van der Waals surface area contributed by atoms with Crippen molar-refractivity contribution >= 4 is 11.8 Å². The van der Waals surface area contributed by atoms with Gasteiger partial charge in [0, 0.05) is 11.3 Å². The van der Waals surface area contributed by atoms with Crippen molar-refractivity contribution < 1.29 is 19.0 Å². The van der Waals surface area contributed by atoms with Gasteiger partial charge in [0.2, 0.25) is 0 Å². The molecule has 0 spiro atoms. The van der Waals surface area contributed by atoms with E-state index in [1.165, 1.54) is 12.1 Å². The molecule has 6 heteroatoms. The van der Waals surface area contributed by atoms with Crippen LogP contribution in [0.4, 0.5) is 14.9 Å². The summed E-state index contributed by atoms with van der Waals surface area (Å²) < 4.78 is 19.2. The first kappa shape index (κ1) is 18.6. The number of nitrogens with two attached hydrogens (primary N) is 1.